The van der Waals surface area contributed by atoms with E-state index in [1.807, 2.05) is 17.7 Å². The molecule has 1 amide bonds. The van der Waals surface area contributed by atoms with Crippen LogP contribution in [0.25, 0.3) is 0 Å². The van der Waals surface area contributed by atoms with Crippen molar-refractivity contribution in [2.75, 3.05) is 0 Å². The minimum atomic E-state index is -4.66. The molecule has 1 aliphatic rings. The number of amides is 1. The fourth-order valence-corrected chi connectivity index (χ4v) is 2.83. The van der Waals surface area contributed by atoms with E-state index >= 15 is 0 Å². The number of halogens is 3. The van der Waals surface area contributed by atoms with Crippen LogP contribution in [-0.4, -0.2) is 31.3 Å². The van der Waals surface area contributed by atoms with Gasteiger partial charge >= 0.3 is 6.18 Å². The summed E-state index contributed by atoms with van der Waals surface area (Å²) >= 11 is 0. The van der Waals surface area contributed by atoms with Gasteiger partial charge in [-0.3, -0.25) is 9.48 Å². The molecule has 0 radical (unpaired) electrons. The van der Waals surface area contributed by atoms with Crippen LogP contribution in [0.4, 0.5) is 13.2 Å². The number of carbonyl (C=O) groups excluding carboxylic acids is 1. The van der Waals surface area contributed by atoms with Crippen molar-refractivity contribution in [2.24, 2.45) is 7.05 Å². The van der Waals surface area contributed by atoms with E-state index in [1.54, 1.807) is 0 Å². The zero-order valence-electron chi connectivity index (χ0n) is 12.7. The van der Waals surface area contributed by atoms with Gasteiger partial charge in [-0.2, -0.15) is 18.3 Å². The molecule has 2 aromatic rings. The molecular weight excluding hydrogens is 311 g/mol. The Kier molecular flexibility index (Phi) is 3.65. The molecule has 9 heteroatoms. The summed E-state index contributed by atoms with van der Waals surface area (Å²) in [4.78, 5) is 16.6. The molecule has 0 aliphatic carbocycles. The average Bonchev–Trinajstić information content (AvgIpc) is 2.99. The van der Waals surface area contributed by atoms with Crippen LogP contribution in [0.1, 0.15) is 34.0 Å². The number of rotatable bonds is 2. The lowest BCUT2D eigenvalue weighted by Gasteiger charge is -2.24. The standard InChI is InChI=1S/C14H16F3N5O/c1-8-5-22-6-9(3-4-11(22)18-8)19-13(23)10-7-21(2)20-12(10)14(15,16)17/h5,7,9H,3-4,6H2,1-2H3,(H,19,23)/t9-/m0/s1. The molecule has 3 heterocycles. The zero-order valence-corrected chi connectivity index (χ0v) is 12.7. The number of aromatic nitrogens is 4. The number of nitrogens with zero attached hydrogens (tertiary/aromatic N) is 4. The van der Waals surface area contributed by atoms with Gasteiger partial charge in [0.25, 0.3) is 5.91 Å². The smallest absolute Gasteiger partial charge is 0.347 e. The molecule has 0 spiro atoms. The third-order valence-electron chi connectivity index (χ3n) is 3.79. The number of fused-ring (bicyclic) bond motifs is 1. The third kappa shape index (κ3) is 3.08. The maximum Gasteiger partial charge on any atom is 0.435 e. The summed E-state index contributed by atoms with van der Waals surface area (Å²) in [6, 6.07) is -0.232. The molecule has 3 rings (SSSR count). The number of imidazole rings is 1. The van der Waals surface area contributed by atoms with Crippen LogP contribution in [0, 0.1) is 6.92 Å². The lowest BCUT2D eigenvalue weighted by atomic mass is 10.1. The highest BCUT2D eigenvalue weighted by atomic mass is 19.4. The van der Waals surface area contributed by atoms with Crippen LogP contribution in [0.3, 0.4) is 0 Å². The first-order valence-corrected chi connectivity index (χ1v) is 7.18. The maximum atomic E-state index is 12.9. The van der Waals surface area contributed by atoms with Crippen LogP contribution < -0.4 is 5.32 Å². The van der Waals surface area contributed by atoms with E-state index in [9.17, 15) is 18.0 Å². The van der Waals surface area contributed by atoms with Gasteiger partial charge in [0.2, 0.25) is 0 Å². The molecule has 1 atom stereocenters. The fraction of sp³-hybridized carbons (Fsp3) is 0.500. The SMILES string of the molecule is Cc1cn2c(n1)CC[C@H](NC(=O)c1cn(C)nc1C(F)(F)F)C2. The van der Waals surface area contributed by atoms with E-state index < -0.39 is 23.3 Å². The van der Waals surface area contributed by atoms with Crippen molar-refractivity contribution in [1.82, 2.24) is 24.6 Å². The number of alkyl halides is 3. The Morgan fingerprint density at radius 1 is 1.39 bits per heavy atom. The van der Waals surface area contributed by atoms with Crippen molar-refractivity contribution in [3.63, 3.8) is 0 Å². The van der Waals surface area contributed by atoms with Crippen LogP contribution in [0.15, 0.2) is 12.4 Å². The normalized spacial score (nSPS) is 17.9. The van der Waals surface area contributed by atoms with Crippen molar-refractivity contribution in [2.45, 2.75) is 38.5 Å². The molecule has 0 fully saturated rings. The number of carbonyl (C=O) groups is 1. The largest absolute Gasteiger partial charge is 0.435 e. The Balaban J connectivity index is 1.76. The molecule has 0 saturated heterocycles. The molecule has 0 bridgehead atoms. The second kappa shape index (κ2) is 5.39. The molecule has 0 aromatic carbocycles. The van der Waals surface area contributed by atoms with E-state index in [4.69, 9.17) is 0 Å². The number of hydrogen-bond acceptors (Lipinski definition) is 3. The highest BCUT2D eigenvalue weighted by Crippen LogP contribution is 2.30. The van der Waals surface area contributed by atoms with Crippen molar-refractivity contribution >= 4 is 5.91 Å². The quantitative estimate of drug-likeness (QED) is 0.913. The van der Waals surface area contributed by atoms with Gasteiger partial charge in [0.15, 0.2) is 5.69 Å². The minimum absolute atomic E-state index is 0.232. The van der Waals surface area contributed by atoms with Crippen LogP contribution >= 0.6 is 0 Å². The van der Waals surface area contributed by atoms with E-state index in [-0.39, 0.29) is 6.04 Å². The summed E-state index contributed by atoms with van der Waals surface area (Å²) in [5.41, 5.74) is -0.723. The average molecular weight is 327 g/mol. The molecule has 6 nitrogen and oxygen atoms in total. The predicted octanol–water partition coefficient (Wildman–Crippen LogP) is 1.69. The summed E-state index contributed by atoms with van der Waals surface area (Å²) < 4.78 is 41.7. The van der Waals surface area contributed by atoms with Crippen LogP contribution in [-0.2, 0) is 26.2 Å². The van der Waals surface area contributed by atoms with Crippen molar-refractivity contribution in [3.8, 4) is 0 Å². The van der Waals surface area contributed by atoms with E-state index in [1.165, 1.54) is 7.05 Å². The van der Waals surface area contributed by atoms with E-state index in [2.05, 4.69) is 15.4 Å². The predicted molar refractivity (Wildman–Crippen MR) is 74.7 cm³/mol. The Hall–Kier alpha value is -2.32. The van der Waals surface area contributed by atoms with Crippen molar-refractivity contribution in [1.29, 1.82) is 0 Å². The Morgan fingerprint density at radius 2 is 2.13 bits per heavy atom. The summed E-state index contributed by atoms with van der Waals surface area (Å²) in [6.07, 6.45) is -0.371. The lowest BCUT2D eigenvalue weighted by Crippen LogP contribution is -2.41. The van der Waals surface area contributed by atoms with Gasteiger partial charge in [0.05, 0.1) is 11.3 Å². The van der Waals surface area contributed by atoms with Gasteiger partial charge in [-0.1, -0.05) is 0 Å². The molecule has 2 aromatic heterocycles. The summed E-state index contributed by atoms with van der Waals surface area (Å²) in [7, 11) is 1.35. The third-order valence-corrected chi connectivity index (χ3v) is 3.79. The van der Waals surface area contributed by atoms with Crippen molar-refractivity contribution in [3.05, 3.63) is 35.2 Å². The first kappa shape index (κ1) is 15.6. The fourth-order valence-electron chi connectivity index (χ4n) is 2.83. The van der Waals surface area contributed by atoms with Gasteiger partial charge < -0.3 is 9.88 Å². The number of hydrogen-bond donors (Lipinski definition) is 1. The zero-order chi connectivity index (χ0) is 16.8. The molecule has 23 heavy (non-hydrogen) atoms. The second-order valence-corrected chi connectivity index (χ2v) is 5.72. The van der Waals surface area contributed by atoms with Gasteiger partial charge in [0, 0.05) is 38.4 Å². The highest BCUT2D eigenvalue weighted by Gasteiger charge is 2.39. The van der Waals surface area contributed by atoms with E-state index in [0.717, 1.165) is 22.4 Å². The first-order valence-electron chi connectivity index (χ1n) is 7.18. The maximum absolute atomic E-state index is 12.9. The highest BCUT2D eigenvalue weighted by molar-refractivity contribution is 5.95. The molecule has 0 saturated carbocycles. The second-order valence-electron chi connectivity index (χ2n) is 5.72. The Bertz CT molecular complexity index is 746. The van der Waals surface area contributed by atoms with Crippen LogP contribution in [0.5, 0.6) is 0 Å². The molecule has 124 valence electrons. The van der Waals surface area contributed by atoms with Gasteiger partial charge in [0.1, 0.15) is 5.82 Å². The summed E-state index contributed by atoms with van der Waals surface area (Å²) in [6.45, 7) is 2.38. The van der Waals surface area contributed by atoms with Gasteiger partial charge in [-0.05, 0) is 13.3 Å². The minimum Gasteiger partial charge on any atom is -0.347 e. The summed E-state index contributed by atoms with van der Waals surface area (Å²) in [5.74, 6) is 0.182. The molecule has 1 N–H and O–H groups in total. The Labute approximate surface area is 130 Å². The lowest BCUT2D eigenvalue weighted by molar-refractivity contribution is -0.141. The first-order chi connectivity index (χ1) is 10.7. The van der Waals surface area contributed by atoms with Gasteiger partial charge in [-0.25, -0.2) is 4.98 Å². The monoisotopic (exact) mass is 327 g/mol. The van der Waals surface area contributed by atoms with Crippen LogP contribution in [0.2, 0.25) is 0 Å². The van der Waals surface area contributed by atoms with Gasteiger partial charge in [-0.15, -0.1) is 0 Å². The number of nitrogens with one attached hydrogen (secondary N) is 1. The Morgan fingerprint density at radius 3 is 2.83 bits per heavy atom. The summed E-state index contributed by atoms with van der Waals surface area (Å²) in [5, 5.41) is 6.02. The topological polar surface area (TPSA) is 64.7 Å². The molecule has 1 aliphatic heterocycles. The number of aryl methyl sites for hydroxylation is 3. The van der Waals surface area contributed by atoms with Crippen molar-refractivity contribution < 1.29 is 18.0 Å². The van der Waals surface area contributed by atoms with E-state index in [0.29, 0.717) is 19.4 Å². The molecule has 0 unspecified atom stereocenters. The molecular formula is C14H16F3N5O.